The first kappa shape index (κ1) is 10.4. The summed E-state index contributed by atoms with van der Waals surface area (Å²) in [5.41, 5.74) is -1.92. The lowest BCUT2D eigenvalue weighted by molar-refractivity contribution is -0.0805. The molecule has 2 rings (SSSR count). The summed E-state index contributed by atoms with van der Waals surface area (Å²) in [7, 11) is 0. The number of alkyl halides is 1. The molecule has 1 aliphatic rings. The van der Waals surface area contributed by atoms with Gasteiger partial charge in [-0.15, -0.1) is 0 Å². The van der Waals surface area contributed by atoms with Crippen LogP contribution in [0, 0.1) is 11.6 Å². The summed E-state index contributed by atoms with van der Waals surface area (Å²) in [5.74, 6) is -1.61. The standard InChI is InChI=1S/C10H10F3NO/c11-8-3-7(4-9(12)5-8)10(13)1-2-14(15)6-10/h3-5,15H,1-2,6H2. The average molecular weight is 217 g/mol. The minimum absolute atomic E-state index is 0.0341. The lowest BCUT2D eigenvalue weighted by atomic mass is 9.95. The normalized spacial score (nSPS) is 27.2. The van der Waals surface area contributed by atoms with Gasteiger partial charge in [0.15, 0.2) is 5.67 Å². The van der Waals surface area contributed by atoms with Gasteiger partial charge in [-0.1, -0.05) is 0 Å². The fourth-order valence-electron chi connectivity index (χ4n) is 1.80. The first-order valence-electron chi connectivity index (χ1n) is 4.59. The quantitative estimate of drug-likeness (QED) is 0.779. The summed E-state index contributed by atoms with van der Waals surface area (Å²) in [5, 5.41) is 9.88. The van der Waals surface area contributed by atoms with Crippen LogP contribution in [0.4, 0.5) is 13.2 Å². The van der Waals surface area contributed by atoms with Crippen LogP contribution < -0.4 is 0 Å². The maximum absolute atomic E-state index is 14.1. The molecule has 1 N–H and O–H groups in total. The van der Waals surface area contributed by atoms with Crippen LogP contribution in [0.5, 0.6) is 0 Å². The highest BCUT2D eigenvalue weighted by molar-refractivity contribution is 5.26. The molecule has 5 heteroatoms. The van der Waals surface area contributed by atoms with Crippen molar-refractivity contribution in [2.45, 2.75) is 12.1 Å². The number of halogens is 3. The molecule has 0 aromatic heterocycles. The molecule has 0 aliphatic carbocycles. The fourth-order valence-corrected chi connectivity index (χ4v) is 1.80. The van der Waals surface area contributed by atoms with Crippen molar-refractivity contribution >= 4 is 0 Å². The summed E-state index contributed by atoms with van der Waals surface area (Å²) in [4.78, 5) is 0. The third-order valence-electron chi connectivity index (χ3n) is 2.58. The van der Waals surface area contributed by atoms with Crippen molar-refractivity contribution in [3.63, 3.8) is 0 Å². The van der Waals surface area contributed by atoms with E-state index < -0.39 is 17.3 Å². The number of rotatable bonds is 1. The molecular formula is C10H10F3NO. The van der Waals surface area contributed by atoms with Crippen LogP contribution in [-0.2, 0) is 5.67 Å². The molecule has 1 aromatic rings. The van der Waals surface area contributed by atoms with E-state index in [4.69, 9.17) is 5.21 Å². The van der Waals surface area contributed by atoms with E-state index in [-0.39, 0.29) is 25.1 Å². The Balaban J connectivity index is 2.36. The Morgan fingerprint density at radius 2 is 1.80 bits per heavy atom. The fraction of sp³-hybridized carbons (Fsp3) is 0.400. The van der Waals surface area contributed by atoms with Crippen molar-refractivity contribution in [2.75, 3.05) is 13.1 Å². The Bertz CT molecular complexity index is 365. The molecule has 1 aliphatic heterocycles. The largest absolute Gasteiger partial charge is 0.314 e. The first-order chi connectivity index (χ1) is 6.99. The molecule has 1 heterocycles. The zero-order chi connectivity index (χ0) is 11.1. The van der Waals surface area contributed by atoms with Crippen molar-refractivity contribution < 1.29 is 18.4 Å². The van der Waals surface area contributed by atoms with Crippen LogP contribution in [0.1, 0.15) is 12.0 Å². The minimum Gasteiger partial charge on any atom is -0.314 e. The molecule has 0 bridgehead atoms. The molecule has 0 saturated carbocycles. The average Bonchev–Trinajstić information content (AvgIpc) is 2.46. The summed E-state index contributed by atoms with van der Waals surface area (Å²) in [6.07, 6.45) is 0.0341. The Kier molecular flexibility index (Phi) is 2.44. The molecule has 0 spiro atoms. The topological polar surface area (TPSA) is 23.5 Å². The van der Waals surface area contributed by atoms with Crippen molar-refractivity contribution in [1.29, 1.82) is 0 Å². The van der Waals surface area contributed by atoms with E-state index in [1.807, 2.05) is 0 Å². The van der Waals surface area contributed by atoms with Gasteiger partial charge in [0.25, 0.3) is 0 Å². The van der Waals surface area contributed by atoms with E-state index in [9.17, 15) is 13.2 Å². The van der Waals surface area contributed by atoms with Gasteiger partial charge in [0.05, 0.1) is 6.54 Å². The third kappa shape index (κ3) is 1.98. The van der Waals surface area contributed by atoms with Gasteiger partial charge in [0.1, 0.15) is 11.6 Å². The second-order valence-electron chi connectivity index (χ2n) is 3.76. The molecule has 1 unspecified atom stereocenters. The van der Waals surface area contributed by atoms with Crippen LogP contribution in [0.2, 0.25) is 0 Å². The third-order valence-corrected chi connectivity index (χ3v) is 2.58. The molecule has 0 radical (unpaired) electrons. The van der Waals surface area contributed by atoms with Gasteiger partial charge in [0.2, 0.25) is 0 Å². The van der Waals surface area contributed by atoms with Crippen molar-refractivity contribution in [1.82, 2.24) is 5.06 Å². The van der Waals surface area contributed by atoms with E-state index in [0.29, 0.717) is 6.07 Å². The molecule has 1 atom stereocenters. The summed E-state index contributed by atoms with van der Waals surface area (Å²) < 4.78 is 39.9. The highest BCUT2D eigenvalue weighted by atomic mass is 19.1. The molecule has 1 aromatic carbocycles. The smallest absolute Gasteiger partial charge is 0.152 e. The molecule has 15 heavy (non-hydrogen) atoms. The zero-order valence-corrected chi connectivity index (χ0v) is 7.88. The van der Waals surface area contributed by atoms with Gasteiger partial charge in [-0.2, -0.15) is 5.06 Å². The van der Waals surface area contributed by atoms with Crippen LogP contribution in [0.3, 0.4) is 0 Å². The number of benzene rings is 1. The van der Waals surface area contributed by atoms with Gasteiger partial charge < -0.3 is 5.21 Å². The predicted molar refractivity (Wildman–Crippen MR) is 47.1 cm³/mol. The Morgan fingerprint density at radius 3 is 2.27 bits per heavy atom. The maximum Gasteiger partial charge on any atom is 0.152 e. The second-order valence-corrected chi connectivity index (χ2v) is 3.76. The second kappa shape index (κ2) is 3.50. The van der Waals surface area contributed by atoms with E-state index >= 15 is 0 Å². The van der Waals surface area contributed by atoms with Crippen LogP contribution in [0.15, 0.2) is 18.2 Å². The first-order valence-corrected chi connectivity index (χ1v) is 4.59. The van der Waals surface area contributed by atoms with Gasteiger partial charge in [-0.25, -0.2) is 13.2 Å². The molecule has 2 nitrogen and oxygen atoms in total. The van der Waals surface area contributed by atoms with Crippen LogP contribution in [-0.4, -0.2) is 23.4 Å². The van der Waals surface area contributed by atoms with E-state index in [2.05, 4.69) is 0 Å². The van der Waals surface area contributed by atoms with Gasteiger partial charge in [0, 0.05) is 19.0 Å². The SMILES string of the molecule is ON1CCC(F)(c2cc(F)cc(F)c2)C1. The minimum atomic E-state index is -1.86. The van der Waals surface area contributed by atoms with Crippen molar-refractivity contribution in [3.05, 3.63) is 35.4 Å². The summed E-state index contributed by atoms with van der Waals surface area (Å²) in [6, 6.07) is 2.61. The van der Waals surface area contributed by atoms with Crippen LogP contribution in [0.25, 0.3) is 0 Å². The monoisotopic (exact) mass is 217 g/mol. The van der Waals surface area contributed by atoms with Crippen molar-refractivity contribution in [3.8, 4) is 0 Å². The highest BCUT2D eigenvalue weighted by Gasteiger charge is 2.40. The Morgan fingerprint density at radius 1 is 1.20 bits per heavy atom. The van der Waals surface area contributed by atoms with Gasteiger partial charge >= 0.3 is 0 Å². The number of hydroxylamine groups is 2. The Hall–Kier alpha value is -1.07. The van der Waals surface area contributed by atoms with Gasteiger partial charge in [-0.05, 0) is 17.7 Å². The lowest BCUT2D eigenvalue weighted by Crippen LogP contribution is -2.25. The van der Waals surface area contributed by atoms with E-state index in [1.165, 1.54) is 0 Å². The Labute approximate surface area is 84.9 Å². The van der Waals surface area contributed by atoms with E-state index in [0.717, 1.165) is 17.2 Å². The number of hydrogen-bond donors (Lipinski definition) is 1. The summed E-state index contributed by atoms with van der Waals surface area (Å²) in [6.45, 7) is -0.0927. The van der Waals surface area contributed by atoms with E-state index in [1.54, 1.807) is 0 Å². The maximum atomic E-state index is 14.1. The molecule has 82 valence electrons. The lowest BCUT2D eigenvalue weighted by Gasteiger charge is -2.19. The molecular weight excluding hydrogens is 207 g/mol. The summed E-state index contributed by atoms with van der Waals surface area (Å²) >= 11 is 0. The zero-order valence-electron chi connectivity index (χ0n) is 7.88. The number of hydrogen-bond acceptors (Lipinski definition) is 2. The number of nitrogens with zero attached hydrogens (tertiary/aromatic N) is 1. The predicted octanol–water partition coefficient (Wildman–Crippen LogP) is 2.22. The van der Waals surface area contributed by atoms with Crippen molar-refractivity contribution in [2.24, 2.45) is 0 Å². The molecule has 1 fully saturated rings. The highest BCUT2D eigenvalue weighted by Crippen LogP contribution is 2.35. The molecule has 1 saturated heterocycles. The molecule has 0 amide bonds. The van der Waals surface area contributed by atoms with Crippen LogP contribution >= 0.6 is 0 Å². The van der Waals surface area contributed by atoms with Gasteiger partial charge in [-0.3, -0.25) is 0 Å².